The average molecular weight is 222 g/mol. The Bertz CT molecular complexity index is 374. The fraction of sp³-hybridized carbons (Fsp3) is 0.636. The maximum Gasteiger partial charge on any atom is 0.203 e. The summed E-state index contributed by atoms with van der Waals surface area (Å²) in [6, 6.07) is 0. The first-order valence-corrected chi connectivity index (χ1v) is 5.57. The summed E-state index contributed by atoms with van der Waals surface area (Å²) in [6.07, 6.45) is 6.28. The summed E-state index contributed by atoms with van der Waals surface area (Å²) in [5, 5.41) is 3.42. The molecule has 0 aromatic carbocycles. The number of rotatable bonds is 3. The van der Waals surface area contributed by atoms with E-state index in [4.69, 9.17) is 10.5 Å². The van der Waals surface area contributed by atoms with Crippen LogP contribution in [0.2, 0.25) is 0 Å². The maximum absolute atomic E-state index is 5.73. The van der Waals surface area contributed by atoms with Crippen molar-refractivity contribution in [2.75, 3.05) is 18.2 Å². The van der Waals surface area contributed by atoms with Crippen LogP contribution in [0.25, 0.3) is 0 Å². The number of nitrogens with two attached hydrogens (primary N) is 1. The molecule has 3 N–H and O–H groups in total. The summed E-state index contributed by atoms with van der Waals surface area (Å²) in [5.74, 6) is 1.61. The van der Waals surface area contributed by atoms with Gasteiger partial charge >= 0.3 is 0 Å². The molecule has 2 rings (SSSR count). The second-order valence-corrected chi connectivity index (χ2v) is 4.53. The number of nitrogen functional groups attached to an aromatic ring is 1. The summed E-state index contributed by atoms with van der Waals surface area (Å²) in [4.78, 5) is 8.10. The molecule has 0 aliphatic heterocycles. The Hall–Kier alpha value is -1.52. The maximum atomic E-state index is 5.73. The lowest BCUT2D eigenvalue weighted by molar-refractivity contribution is 0.412. The molecule has 16 heavy (non-hydrogen) atoms. The van der Waals surface area contributed by atoms with Crippen molar-refractivity contribution in [1.82, 2.24) is 9.97 Å². The van der Waals surface area contributed by atoms with E-state index in [1.165, 1.54) is 19.2 Å². The van der Waals surface area contributed by atoms with Gasteiger partial charge in [-0.3, -0.25) is 0 Å². The Kier molecular flexibility index (Phi) is 2.85. The number of aromatic nitrogens is 2. The minimum absolute atomic E-state index is 0.105. The Morgan fingerprint density at radius 1 is 1.38 bits per heavy atom. The summed E-state index contributed by atoms with van der Waals surface area (Å²) in [5.41, 5.74) is 5.84. The minimum Gasteiger partial charge on any atom is -0.490 e. The van der Waals surface area contributed by atoms with Gasteiger partial charge in [0, 0.05) is 5.54 Å². The van der Waals surface area contributed by atoms with E-state index in [1.807, 2.05) is 0 Å². The zero-order chi connectivity index (χ0) is 11.6. The van der Waals surface area contributed by atoms with Crippen molar-refractivity contribution in [3.63, 3.8) is 0 Å². The molecule has 1 aliphatic rings. The Morgan fingerprint density at radius 2 is 2.06 bits per heavy atom. The van der Waals surface area contributed by atoms with E-state index in [1.54, 1.807) is 7.11 Å². The van der Waals surface area contributed by atoms with Crippen LogP contribution in [-0.4, -0.2) is 22.6 Å². The zero-order valence-corrected chi connectivity index (χ0v) is 9.79. The van der Waals surface area contributed by atoms with Crippen LogP contribution in [0.1, 0.15) is 32.6 Å². The molecule has 1 saturated carbocycles. The Morgan fingerprint density at radius 3 is 2.69 bits per heavy atom. The van der Waals surface area contributed by atoms with Gasteiger partial charge in [0.05, 0.1) is 7.11 Å². The highest BCUT2D eigenvalue weighted by molar-refractivity contribution is 5.62. The molecule has 1 aromatic heterocycles. The molecule has 0 radical (unpaired) electrons. The first-order valence-electron chi connectivity index (χ1n) is 5.57. The summed E-state index contributed by atoms with van der Waals surface area (Å²) < 4.78 is 5.22. The normalized spacial score (nSPS) is 18.4. The third-order valence-electron chi connectivity index (χ3n) is 3.16. The first kappa shape index (κ1) is 11.0. The van der Waals surface area contributed by atoms with Gasteiger partial charge in [-0.25, -0.2) is 9.97 Å². The number of ether oxygens (including phenoxy) is 1. The van der Waals surface area contributed by atoms with Crippen LogP contribution in [0.5, 0.6) is 5.75 Å². The number of hydrogen-bond acceptors (Lipinski definition) is 5. The largest absolute Gasteiger partial charge is 0.490 e. The van der Waals surface area contributed by atoms with Crippen LogP contribution < -0.4 is 15.8 Å². The molecule has 0 spiro atoms. The predicted octanol–water partition coefficient (Wildman–Crippen LogP) is 1.81. The van der Waals surface area contributed by atoms with Gasteiger partial charge in [0.1, 0.15) is 6.33 Å². The fourth-order valence-corrected chi connectivity index (χ4v) is 2.24. The number of nitrogens with zero attached hydrogens (tertiary/aromatic N) is 2. The monoisotopic (exact) mass is 222 g/mol. The van der Waals surface area contributed by atoms with Crippen molar-refractivity contribution in [3.8, 4) is 5.75 Å². The SMILES string of the molecule is COc1c(N)ncnc1NC1(C)CCCC1. The van der Waals surface area contributed by atoms with E-state index in [2.05, 4.69) is 22.2 Å². The summed E-state index contributed by atoms with van der Waals surface area (Å²) >= 11 is 0. The topological polar surface area (TPSA) is 73.1 Å². The molecule has 0 unspecified atom stereocenters. The Balaban J connectivity index is 2.23. The van der Waals surface area contributed by atoms with Crippen LogP contribution in [0.4, 0.5) is 11.6 Å². The molecule has 5 nitrogen and oxygen atoms in total. The van der Waals surface area contributed by atoms with E-state index in [0.717, 1.165) is 12.8 Å². The molecule has 1 aliphatic carbocycles. The highest BCUT2D eigenvalue weighted by atomic mass is 16.5. The van der Waals surface area contributed by atoms with Gasteiger partial charge in [-0.1, -0.05) is 12.8 Å². The van der Waals surface area contributed by atoms with Crippen LogP contribution in [0.15, 0.2) is 6.33 Å². The van der Waals surface area contributed by atoms with E-state index in [-0.39, 0.29) is 5.54 Å². The lowest BCUT2D eigenvalue weighted by Gasteiger charge is -2.26. The fourth-order valence-electron chi connectivity index (χ4n) is 2.24. The van der Waals surface area contributed by atoms with Crippen molar-refractivity contribution < 1.29 is 4.74 Å². The van der Waals surface area contributed by atoms with Crippen molar-refractivity contribution in [2.45, 2.75) is 38.1 Å². The van der Waals surface area contributed by atoms with Crippen LogP contribution in [0.3, 0.4) is 0 Å². The van der Waals surface area contributed by atoms with Gasteiger partial charge in [-0.05, 0) is 19.8 Å². The third-order valence-corrected chi connectivity index (χ3v) is 3.16. The first-order chi connectivity index (χ1) is 7.64. The standard InChI is InChI=1S/C11H18N4O/c1-11(5-3-4-6-11)15-10-8(16-2)9(12)13-7-14-10/h7H,3-6H2,1-2H3,(H3,12,13,14,15). The highest BCUT2D eigenvalue weighted by Gasteiger charge is 2.30. The number of anilines is 2. The highest BCUT2D eigenvalue weighted by Crippen LogP contribution is 2.35. The molecular formula is C11H18N4O. The predicted molar refractivity (Wildman–Crippen MR) is 63.5 cm³/mol. The molecule has 1 fully saturated rings. The van der Waals surface area contributed by atoms with Crippen molar-refractivity contribution >= 4 is 11.6 Å². The minimum atomic E-state index is 0.105. The molecule has 1 heterocycles. The number of methoxy groups -OCH3 is 1. The van der Waals surface area contributed by atoms with Crippen molar-refractivity contribution in [1.29, 1.82) is 0 Å². The van der Waals surface area contributed by atoms with Crippen molar-refractivity contribution in [2.24, 2.45) is 0 Å². The van der Waals surface area contributed by atoms with Gasteiger partial charge in [-0.2, -0.15) is 0 Å². The van der Waals surface area contributed by atoms with Crippen LogP contribution >= 0.6 is 0 Å². The van der Waals surface area contributed by atoms with E-state index >= 15 is 0 Å². The van der Waals surface area contributed by atoms with Gasteiger partial charge in [0.15, 0.2) is 11.6 Å². The zero-order valence-electron chi connectivity index (χ0n) is 9.79. The number of hydrogen-bond donors (Lipinski definition) is 2. The summed E-state index contributed by atoms with van der Waals surface area (Å²) in [7, 11) is 1.58. The van der Waals surface area contributed by atoms with E-state index in [9.17, 15) is 0 Å². The van der Waals surface area contributed by atoms with Gasteiger partial charge in [-0.15, -0.1) is 0 Å². The van der Waals surface area contributed by atoms with E-state index in [0.29, 0.717) is 17.4 Å². The van der Waals surface area contributed by atoms with Gasteiger partial charge < -0.3 is 15.8 Å². The van der Waals surface area contributed by atoms with Gasteiger partial charge in [0.2, 0.25) is 5.75 Å². The molecule has 0 bridgehead atoms. The van der Waals surface area contributed by atoms with Crippen LogP contribution in [0, 0.1) is 0 Å². The molecule has 0 atom stereocenters. The lowest BCUT2D eigenvalue weighted by Crippen LogP contribution is -2.31. The quantitative estimate of drug-likeness (QED) is 0.816. The van der Waals surface area contributed by atoms with Crippen molar-refractivity contribution in [3.05, 3.63) is 6.33 Å². The van der Waals surface area contributed by atoms with Crippen LogP contribution in [-0.2, 0) is 0 Å². The number of nitrogens with one attached hydrogen (secondary N) is 1. The molecule has 0 amide bonds. The average Bonchev–Trinajstić information content (AvgIpc) is 2.65. The molecule has 0 saturated heterocycles. The Labute approximate surface area is 95.4 Å². The lowest BCUT2D eigenvalue weighted by atomic mass is 10.0. The third kappa shape index (κ3) is 2.03. The molecular weight excluding hydrogens is 204 g/mol. The second-order valence-electron chi connectivity index (χ2n) is 4.53. The van der Waals surface area contributed by atoms with E-state index < -0.39 is 0 Å². The molecule has 5 heteroatoms. The second kappa shape index (κ2) is 4.15. The molecule has 1 aromatic rings. The summed E-state index contributed by atoms with van der Waals surface area (Å²) in [6.45, 7) is 2.21. The van der Waals surface area contributed by atoms with Gasteiger partial charge in [0.25, 0.3) is 0 Å². The molecule has 88 valence electrons. The smallest absolute Gasteiger partial charge is 0.203 e.